The summed E-state index contributed by atoms with van der Waals surface area (Å²) in [5.41, 5.74) is 6.65. The van der Waals surface area contributed by atoms with Crippen LogP contribution >= 0.6 is 7.75 Å². The van der Waals surface area contributed by atoms with Crippen LogP contribution in [0.3, 0.4) is 0 Å². The first-order valence-corrected chi connectivity index (χ1v) is 15.2. The number of nitrogens with one attached hydrogen (secondary N) is 1. The smallest absolute Gasteiger partial charge is 0.459 e. The van der Waals surface area contributed by atoms with Crippen molar-refractivity contribution in [3.05, 3.63) is 90.0 Å². The van der Waals surface area contributed by atoms with Gasteiger partial charge in [0.25, 0.3) is 5.91 Å². The molecule has 6 atom stereocenters. The molecular formula is C29H32N5O9P. The number of hydrogen-bond acceptors (Lipinski definition) is 11. The van der Waals surface area contributed by atoms with E-state index in [1.807, 2.05) is 18.2 Å². The second-order valence-corrected chi connectivity index (χ2v) is 11.9. The van der Waals surface area contributed by atoms with Gasteiger partial charge in [0.15, 0.2) is 6.23 Å². The van der Waals surface area contributed by atoms with Gasteiger partial charge >= 0.3 is 13.7 Å². The van der Waals surface area contributed by atoms with Crippen molar-refractivity contribution < 1.29 is 42.9 Å². The van der Waals surface area contributed by atoms with Crippen molar-refractivity contribution in [2.45, 2.75) is 51.0 Å². The molecule has 0 bridgehead atoms. The number of carbonyl (C=O) groups excluding carboxylic acids is 2. The molecule has 5 N–H and O–H groups in total. The summed E-state index contributed by atoms with van der Waals surface area (Å²) >= 11 is 0. The second kappa shape index (κ2) is 13.2. The first-order valence-electron chi connectivity index (χ1n) is 13.7. The Kier molecular flexibility index (Phi) is 9.39. The van der Waals surface area contributed by atoms with Gasteiger partial charge in [0.05, 0.1) is 17.6 Å². The molecule has 44 heavy (non-hydrogen) atoms. The standard InChI is InChI=1S/C29H32N5O9P/c1-17(29(38)40-15-19-9-5-3-6-10-19)33-44(39,43-20-11-7-4-8-12-20)41-16-23-24(35)25(36)28(42-23)34-14-22(26(30)37)21-13-31-18(2)32-27(21)34/h3-14,17,23-25,28,35-36H,15-16H2,1-2H3,(H2,30,37)(H,33,39)/t17-,23+,24+,25+,28+,44?/m0/s1. The molecule has 2 aromatic heterocycles. The van der Waals surface area contributed by atoms with Gasteiger partial charge in [-0.3, -0.25) is 14.1 Å². The zero-order chi connectivity index (χ0) is 31.4. The number of amides is 1. The van der Waals surface area contributed by atoms with Gasteiger partial charge in [-0.1, -0.05) is 48.5 Å². The van der Waals surface area contributed by atoms with Crippen LogP contribution in [0, 0.1) is 6.92 Å². The Morgan fingerprint density at radius 3 is 2.48 bits per heavy atom. The van der Waals surface area contributed by atoms with Crippen molar-refractivity contribution in [2.75, 3.05) is 6.61 Å². The van der Waals surface area contributed by atoms with Gasteiger partial charge in [-0.05, 0) is 31.5 Å². The highest BCUT2D eigenvalue weighted by molar-refractivity contribution is 7.52. The molecule has 1 aliphatic heterocycles. The lowest BCUT2D eigenvalue weighted by atomic mass is 10.1. The second-order valence-electron chi connectivity index (χ2n) is 10.2. The maximum absolute atomic E-state index is 13.9. The van der Waals surface area contributed by atoms with Crippen molar-refractivity contribution in [3.8, 4) is 5.75 Å². The lowest BCUT2D eigenvalue weighted by molar-refractivity contribution is -0.146. The lowest BCUT2D eigenvalue weighted by Crippen LogP contribution is -2.37. The number of nitrogens with zero attached hydrogens (tertiary/aromatic N) is 3. The number of aliphatic hydroxyl groups is 2. The minimum absolute atomic E-state index is 0.00770. The summed E-state index contributed by atoms with van der Waals surface area (Å²) in [4.78, 5) is 33.2. The predicted molar refractivity (Wildman–Crippen MR) is 156 cm³/mol. The van der Waals surface area contributed by atoms with E-state index >= 15 is 0 Å². The zero-order valence-corrected chi connectivity index (χ0v) is 24.7. The molecule has 0 saturated carbocycles. The predicted octanol–water partition coefficient (Wildman–Crippen LogP) is 2.38. The lowest BCUT2D eigenvalue weighted by Gasteiger charge is -2.24. The molecule has 1 unspecified atom stereocenters. The topological polar surface area (TPSA) is 197 Å². The molecule has 4 aromatic rings. The molecule has 232 valence electrons. The van der Waals surface area contributed by atoms with Gasteiger partial charge in [-0.15, -0.1) is 0 Å². The fourth-order valence-electron chi connectivity index (χ4n) is 4.63. The van der Waals surface area contributed by atoms with Crippen LogP contribution in [-0.2, 0) is 30.0 Å². The number of aryl methyl sites for hydroxylation is 1. The normalized spacial score (nSPS) is 21.9. The van der Waals surface area contributed by atoms with Crippen LogP contribution in [0.1, 0.15) is 34.9 Å². The van der Waals surface area contributed by atoms with Crippen LogP contribution in [0.15, 0.2) is 73.1 Å². The van der Waals surface area contributed by atoms with E-state index in [4.69, 9.17) is 24.3 Å². The largest absolute Gasteiger partial charge is 0.460 e. The van der Waals surface area contributed by atoms with Gasteiger partial charge in [0.2, 0.25) is 0 Å². The van der Waals surface area contributed by atoms with Crippen molar-refractivity contribution >= 4 is 30.7 Å². The van der Waals surface area contributed by atoms with Gasteiger partial charge in [0, 0.05) is 12.4 Å². The van der Waals surface area contributed by atoms with Crippen LogP contribution in [0.2, 0.25) is 0 Å². The number of nitrogens with two attached hydrogens (primary N) is 1. The zero-order valence-electron chi connectivity index (χ0n) is 23.8. The molecule has 14 nitrogen and oxygen atoms in total. The Labute approximate surface area is 252 Å². The summed E-state index contributed by atoms with van der Waals surface area (Å²) in [6.07, 6.45) is -2.62. The Morgan fingerprint density at radius 2 is 1.80 bits per heavy atom. The van der Waals surface area contributed by atoms with E-state index in [2.05, 4.69) is 15.1 Å². The van der Waals surface area contributed by atoms with Crippen molar-refractivity contribution in [2.24, 2.45) is 5.73 Å². The fourth-order valence-corrected chi connectivity index (χ4v) is 6.13. The van der Waals surface area contributed by atoms with E-state index in [9.17, 15) is 24.4 Å². The molecule has 0 spiro atoms. The first kappa shape index (κ1) is 31.3. The maximum Gasteiger partial charge on any atom is 0.459 e. The number of carbonyl (C=O) groups is 2. The number of benzene rings is 2. The minimum Gasteiger partial charge on any atom is -0.460 e. The van der Waals surface area contributed by atoms with Crippen LogP contribution < -0.4 is 15.3 Å². The summed E-state index contributed by atoms with van der Waals surface area (Å²) in [6, 6.07) is 16.1. The Balaban J connectivity index is 1.31. The van der Waals surface area contributed by atoms with Gasteiger partial charge in [-0.25, -0.2) is 14.5 Å². The Morgan fingerprint density at radius 1 is 1.11 bits per heavy atom. The quantitative estimate of drug-likeness (QED) is 0.133. The summed E-state index contributed by atoms with van der Waals surface area (Å²) < 4.78 is 37.9. The van der Waals surface area contributed by atoms with E-state index in [0.29, 0.717) is 11.2 Å². The van der Waals surface area contributed by atoms with Crippen molar-refractivity contribution in [3.63, 3.8) is 0 Å². The third-order valence-electron chi connectivity index (χ3n) is 6.88. The number of aromatic nitrogens is 3. The number of fused-ring (bicyclic) bond motifs is 1. The van der Waals surface area contributed by atoms with Crippen LogP contribution in [-0.4, -0.2) is 67.6 Å². The van der Waals surface area contributed by atoms with Crippen molar-refractivity contribution in [1.29, 1.82) is 0 Å². The first-order chi connectivity index (χ1) is 21.0. The molecule has 15 heteroatoms. The van der Waals surface area contributed by atoms with E-state index in [-0.39, 0.29) is 23.6 Å². The third kappa shape index (κ3) is 6.97. The fraction of sp³-hybridized carbons (Fsp3) is 0.310. The molecule has 1 saturated heterocycles. The monoisotopic (exact) mass is 625 g/mol. The summed E-state index contributed by atoms with van der Waals surface area (Å²) in [6.45, 7) is 2.57. The van der Waals surface area contributed by atoms with Crippen LogP contribution in [0.5, 0.6) is 5.75 Å². The number of ether oxygens (including phenoxy) is 2. The van der Waals surface area contributed by atoms with Crippen LogP contribution in [0.4, 0.5) is 0 Å². The molecule has 3 heterocycles. The number of rotatable bonds is 12. The highest BCUT2D eigenvalue weighted by Gasteiger charge is 2.46. The molecular weight excluding hydrogens is 593 g/mol. The molecule has 1 amide bonds. The molecule has 0 aliphatic carbocycles. The molecule has 2 aromatic carbocycles. The summed E-state index contributed by atoms with van der Waals surface area (Å²) in [7, 11) is -4.30. The number of para-hydroxylation sites is 1. The maximum atomic E-state index is 13.9. The van der Waals surface area contributed by atoms with E-state index < -0.39 is 56.8 Å². The number of hydrogen-bond donors (Lipinski definition) is 4. The molecule has 0 radical (unpaired) electrons. The number of aliphatic hydroxyl groups excluding tert-OH is 2. The number of esters is 1. The highest BCUT2D eigenvalue weighted by atomic mass is 31.2. The van der Waals surface area contributed by atoms with Crippen LogP contribution in [0.25, 0.3) is 11.0 Å². The number of primary amides is 1. The highest BCUT2D eigenvalue weighted by Crippen LogP contribution is 2.46. The van der Waals surface area contributed by atoms with E-state index in [0.717, 1.165) is 5.56 Å². The summed E-state index contributed by atoms with van der Waals surface area (Å²) in [5, 5.41) is 24.7. The molecule has 1 aliphatic rings. The molecule has 5 rings (SSSR count). The van der Waals surface area contributed by atoms with E-state index in [1.54, 1.807) is 49.4 Å². The van der Waals surface area contributed by atoms with Crippen molar-refractivity contribution in [1.82, 2.24) is 19.6 Å². The third-order valence-corrected chi connectivity index (χ3v) is 8.52. The van der Waals surface area contributed by atoms with Gasteiger partial charge in [-0.2, -0.15) is 5.09 Å². The average molecular weight is 626 g/mol. The summed E-state index contributed by atoms with van der Waals surface area (Å²) in [5.74, 6) is -0.867. The average Bonchev–Trinajstić information content (AvgIpc) is 3.52. The van der Waals surface area contributed by atoms with Gasteiger partial charge in [0.1, 0.15) is 48.2 Å². The SMILES string of the molecule is Cc1ncc2c(C(N)=O)cn([C@@H]3O[C@H](COP(=O)(N[C@@H](C)C(=O)OCc4ccccc4)Oc4ccccc4)[C@@H](O)[C@H]3O)c2n1. The Hall–Kier alpha value is -4.17. The Bertz CT molecular complexity index is 1670. The molecule has 1 fully saturated rings. The van der Waals surface area contributed by atoms with Gasteiger partial charge < -0.3 is 34.5 Å². The minimum atomic E-state index is -4.30. The van der Waals surface area contributed by atoms with E-state index in [1.165, 1.54) is 23.9 Å².